The molecule has 0 bridgehead atoms. The van der Waals surface area contributed by atoms with E-state index in [2.05, 4.69) is 15.6 Å². The van der Waals surface area contributed by atoms with Gasteiger partial charge in [0.15, 0.2) is 0 Å². The van der Waals surface area contributed by atoms with E-state index in [-0.39, 0.29) is 12.4 Å². The molecule has 0 aliphatic carbocycles. The van der Waals surface area contributed by atoms with E-state index in [0.717, 1.165) is 10.8 Å². The van der Waals surface area contributed by atoms with E-state index >= 15 is 0 Å². The van der Waals surface area contributed by atoms with Gasteiger partial charge in [-0.25, -0.2) is 14.2 Å². The van der Waals surface area contributed by atoms with Crippen molar-refractivity contribution in [3.63, 3.8) is 0 Å². The average Bonchev–Trinajstić information content (AvgIpc) is 3.01. The fraction of sp³-hybridized carbons (Fsp3) is 0.412. The molecule has 1 unspecified atom stereocenters. The van der Waals surface area contributed by atoms with Crippen LogP contribution in [0, 0.1) is 12.7 Å². The Balaban J connectivity index is 1.92. The number of imidazole rings is 1. The van der Waals surface area contributed by atoms with Crippen LogP contribution >= 0.6 is 0 Å². The van der Waals surface area contributed by atoms with Crippen molar-refractivity contribution >= 4 is 6.03 Å². The summed E-state index contributed by atoms with van der Waals surface area (Å²) < 4.78 is 54.3. The third-order valence-electron chi connectivity index (χ3n) is 4.11. The fourth-order valence-corrected chi connectivity index (χ4v) is 2.56. The Bertz CT molecular complexity index is 806. The summed E-state index contributed by atoms with van der Waals surface area (Å²) >= 11 is 0. The van der Waals surface area contributed by atoms with Gasteiger partial charge in [-0.15, -0.1) is 0 Å². The third-order valence-corrected chi connectivity index (χ3v) is 4.11. The monoisotopic (exact) mass is 388 g/mol. The summed E-state index contributed by atoms with van der Waals surface area (Å²) in [6.07, 6.45) is -3.33. The molecule has 148 valence electrons. The minimum absolute atomic E-state index is 0.0792. The highest BCUT2D eigenvalue weighted by Gasteiger charge is 2.57. The Morgan fingerprint density at radius 2 is 2.00 bits per heavy atom. The zero-order valence-corrected chi connectivity index (χ0v) is 14.8. The summed E-state index contributed by atoms with van der Waals surface area (Å²) in [6, 6.07) is 3.60. The molecule has 1 heterocycles. The van der Waals surface area contributed by atoms with E-state index in [9.17, 15) is 27.5 Å². The fourth-order valence-electron chi connectivity index (χ4n) is 2.56. The van der Waals surface area contributed by atoms with E-state index < -0.39 is 36.6 Å². The van der Waals surface area contributed by atoms with Crippen LogP contribution in [0.2, 0.25) is 0 Å². The van der Waals surface area contributed by atoms with E-state index in [1.807, 2.05) is 0 Å². The van der Waals surface area contributed by atoms with E-state index in [1.54, 1.807) is 13.0 Å². The Morgan fingerprint density at radius 3 is 2.56 bits per heavy atom. The van der Waals surface area contributed by atoms with Gasteiger partial charge in [0.2, 0.25) is 5.60 Å². The van der Waals surface area contributed by atoms with E-state index in [1.165, 1.54) is 25.4 Å². The SMILES string of the molecule is Cc1cc(CNC(=O)NCCC(O)(c2nccn2C)C(F)(F)F)ccc1F. The van der Waals surface area contributed by atoms with Crippen LogP contribution in [-0.4, -0.2) is 33.4 Å². The number of urea groups is 1. The van der Waals surface area contributed by atoms with Gasteiger partial charge < -0.3 is 20.3 Å². The van der Waals surface area contributed by atoms with Crippen molar-refractivity contribution in [2.45, 2.75) is 31.7 Å². The van der Waals surface area contributed by atoms with E-state index in [0.29, 0.717) is 11.1 Å². The van der Waals surface area contributed by atoms with Gasteiger partial charge in [0.25, 0.3) is 0 Å². The number of nitrogens with zero attached hydrogens (tertiary/aromatic N) is 2. The maximum Gasteiger partial charge on any atom is 0.424 e. The first-order chi connectivity index (χ1) is 12.5. The first kappa shape index (κ1) is 20.7. The van der Waals surface area contributed by atoms with Crippen LogP contribution in [0.15, 0.2) is 30.6 Å². The molecule has 27 heavy (non-hydrogen) atoms. The lowest BCUT2D eigenvalue weighted by Gasteiger charge is -2.29. The summed E-state index contributed by atoms with van der Waals surface area (Å²) in [5, 5.41) is 14.9. The van der Waals surface area contributed by atoms with Crippen molar-refractivity contribution in [2.75, 3.05) is 6.54 Å². The number of rotatable bonds is 6. The maximum atomic E-state index is 13.3. The molecule has 2 aromatic rings. The highest BCUT2D eigenvalue weighted by molar-refractivity contribution is 5.73. The van der Waals surface area contributed by atoms with Crippen molar-refractivity contribution < 1.29 is 27.5 Å². The van der Waals surface area contributed by atoms with Crippen molar-refractivity contribution in [3.8, 4) is 0 Å². The number of nitrogens with one attached hydrogen (secondary N) is 2. The quantitative estimate of drug-likeness (QED) is 0.666. The van der Waals surface area contributed by atoms with Gasteiger partial charge in [0.05, 0.1) is 0 Å². The number of halogens is 4. The van der Waals surface area contributed by atoms with Crippen LogP contribution in [0.5, 0.6) is 0 Å². The second-order valence-corrected chi connectivity index (χ2v) is 6.16. The minimum Gasteiger partial charge on any atom is -0.374 e. The summed E-state index contributed by atoms with van der Waals surface area (Å²) in [5.41, 5.74) is -2.13. The summed E-state index contributed by atoms with van der Waals surface area (Å²) in [4.78, 5) is 15.4. The predicted octanol–water partition coefficient (Wildman–Crippen LogP) is 2.51. The molecule has 1 atom stereocenters. The maximum absolute atomic E-state index is 13.3. The molecule has 0 saturated carbocycles. The molecule has 3 N–H and O–H groups in total. The second-order valence-electron chi connectivity index (χ2n) is 6.16. The highest BCUT2D eigenvalue weighted by Crippen LogP contribution is 2.40. The lowest BCUT2D eigenvalue weighted by atomic mass is 9.97. The number of amides is 2. The number of benzene rings is 1. The van der Waals surface area contributed by atoms with Crippen molar-refractivity contribution in [1.29, 1.82) is 0 Å². The first-order valence-corrected chi connectivity index (χ1v) is 8.08. The number of alkyl halides is 3. The lowest BCUT2D eigenvalue weighted by Crippen LogP contribution is -2.47. The molecular formula is C17H20F4N4O2. The van der Waals surface area contributed by atoms with Gasteiger partial charge in [0, 0.05) is 39.0 Å². The van der Waals surface area contributed by atoms with Gasteiger partial charge in [-0.2, -0.15) is 13.2 Å². The summed E-state index contributed by atoms with van der Waals surface area (Å²) in [5.74, 6) is -0.928. The molecule has 0 spiro atoms. The molecule has 0 radical (unpaired) electrons. The standard InChI is InChI=1S/C17H20F4N4O2/c1-11-9-12(3-4-13(11)18)10-24-15(26)23-6-5-16(27,17(19,20)21)14-22-7-8-25(14)2/h3-4,7-9,27H,5-6,10H2,1-2H3,(H2,23,24,26). The summed E-state index contributed by atoms with van der Waals surface area (Å²) in [7, 11) is 1.34. The number of aryl methyl sites for hydroxylation is 2. The molecule has 0 aliphatic heterocycles. The number of aliphatic hydroxyl groups is 1. The molecule has 1 aromatic heterocycles. The minimum atomic E-state index is -4.96. The topological polar surface area (TPSA) is 79.2 Å². The smallest absolute Gasteiger partial charge is 0.374 e. The molecule has 0 fully saturated rings. The number of hydrogen-bond acceptors (Lipinski definition) is 3. The predicted molar refractivity (Wildman–Crippen MR) is 89.2 cm³/mol. The van der Waals surface area contributed by atoms with Crippen LogP contribution in [0.1, 0.15) is 23.4 Å². The van der Waals surface area contributed by atoms with Gasteiger partial charge >= 0.3 is 12.2 Å². The molecule has 2 rings (SSSR count). The number of aromatic nitrogens is 2. The van der Waals surface area contributed by atoms with Crippen molar-refractivity contribution in [2.24, 2.45) is 7.05 Å². The normalized spacial score (nSPS) is 13.9. The van der Waals surface area contributed by atoms with Gasteiger partial charge in [-0.1, -0.05) is 12.1 Å². The third kappa shape index (κ3) is 4.76. The first-order valence-electron chi connectivity index (χ1n) is 8.08. The molecule has 1 aromatic carbocycles. The van der Waals surface area contributed by atoms with Crippen LogP contribution in [0.4, 0.5) is 22.4 Å². The molecule has 2 amide bonds. The van der Waals surface area contributed by atoms with E-state index in [4.69, 9.17) is 0 Å². The van der Waals surface area contributed by atoms with Crippen molar-refractivity contribution in [3.05, 3.63) is 53.4 Å². The van der Waals surface area contributed by atoms with Gasteiger partial charge in [0.1, 0.15) is 11.6 Å². The van der Waals surface area contributed by atoms with Crippen LogP contribution in [-0.2, 0) is 19.2 Å². The van der Waals surface area contributed by atoms with Crippen LogP contribution in [0.25, 0.3) is 0 Å². The highest BCUT2D eigenvalue weighted by atomic mass is 19.4. The molecule has 0 saturated heterocycles. The zero-order chi connectivity index (χ0) is 20.2. The van der Waals surface area contributed by atoms with Gasteiger partial charge in [-0.3, -0.25) is 0 Å². The summed E-state index contributed by atoms with van der Waals surface area (Å²) in [6.45, 7) is 1.22. The number of hydrogen-bond donors (Lipinski definition) is 3. The number of carbonyl (C=O) groups excluding carboxylic acids is 1. The molecule has 0 aliphatic rings. The Kier molecular flexibility index (Phi) is 6.09. The largest absolute Gasteiger partial charge is 0.424 e. The van der Waals surface area contributed by atoms with Crippen LogP contribution in [0.3, 0.4) is 0 Å². The molecule has 6 nitrogen and oxygen atoms in total. The number of carbonyl (C=O) groups is 1. The Morgan fingerprint density at radius 1 is 1.30 bits per heavy atom. The molecule has 10 heteroatoms. The average molecular weight is 388 g/mol. The lowest BCUT2D eigenvalue weighted by molar-refractivity contribution is -0.272. The van der Waals surface area contributed by atoms with Crippen molar-refractivity contribution in [1.82, 2.24) is 20.2 Å². The van der Waals surface area contributed by atoms with Crippen LogP contribution < -0.4 is 10.6 Å². The van der Waals surface area contributed by atoms with Gasteiger partial charge in [-0.05, 0) is 24.1 Å². The molecular weight excluding hydrogens is 368 g/mol. The zero-order valence-electron chi connectivity index (χ0n) is 14.8. The Hall–Kier alpha value is -2.62. The Labute approximate surface area is 153 Å². The second kappa shape index (κ2) is 7.95.